The van der Waals surface area contributed by atoms with Gasteiger partial charge in [-0.1, -0.05) is 18.3 Å². The quantitative estimate of drug-likeness (QED) is 0.0448. The lowest BCUT2D eigenvalue weighted by Gasteiger charge is -2.31. The van der Waals surface area contributed by atoms with Crippen molar-refractivity contribution in [3.8, 4) is 0 Å². The number of aliphatic hydroxyl groups excluding tert-OH is 2. The number of nitrogens with zero attached hydrogens (tertiary/aromatic N) is 4. The number of hydrogen-bond acceptors (Lipinski definition) is 18. The summed E-state index contributed by atoms with van der Waals surface area (Å²) in [5.41, 5.74) is 3.58. The number of rotatable bonds is 19. The largest absolute Gasteiger partial charge is 0.481 e. The molecule has 10 N–H and O–H groups in total. The molecule has 3 rings (SSSR count). The van der Waals surface area contributed by atoms with Gasteiger partial charge in [0.05, 0.1) is 12.9 Å². The Hall–Kier alpha value is -2.70. The third-order valence-corrected chi connectivity index (χ3v) is 10.8. The van der Waals surface area contributed by atoms with Crippen molar-refractivity contribution < 1.29 is 80.5 Å². The molecule has 51 heavy (non-hydrogen) atoms. The summed E-state index contributed by atoms with van der Waals surface area (Å²) in [7, 11) is -16.6. The number of phosphoric acid groups is 3. The number of carbonyl (C=O) groups is 3. The maximum atomic E-state index is 12.7. The molecule has 2 amide bonds. The minimum Gasteiger partial charge on any atom is -0.386 e. The van der Waals surface area contributed by atoms with Crippen LogP contribution in [0.4, 0.5) is 5.82 Å². The first-order valence-electron chi connectivity index (χ1n) is 14.3. The number of ether oxygens (including phenoxy) is 1. The SMILES string of the molecule is C=CC(=O)SCCNC(=O)CCNC(=O)[C@H](O)C(C)(C)OP(=O)(O)OP(=O)(O)OCC1OC(n2cnc3c(N)ncnc32)C(O)C1OP(=O)(O)O. The fourth-order valence-corrected chi connectivity index (χ4v) is 7.81. The summed E-state index contributed by atoms with van der Waals surface area (Å²) in [4.78, 5) is 86.3. The van der Waals surface area contributed by atoms with Gasteiger partial charge < -0.3 is 50.9 Å². The molecule has 0 bridgehead atoms. The number of nitrogens with one attached hydrogen (secondary N) is 2. The maximum Gasteiger partial charge on any atom is 0.481 e. The lowest BCUT2D eigenvalue weighted by molar-refractivity contribution is -0.140. The van der Waals surface area contributed by atoms with Crippen LogP contribution >= 0.6 is 35.2 Å². The fraction of sp³-hybridized carbons (Fsp3) is 0.565. The van der Waals surface area contributed by atoms with Crippen LogP contribution in [0, 0.1) is 0 Å². The summed E-state index contributed by atoms with van der Waals surface area (Å²) in [6.07, 6.45) is -6.27. The molecule has 0 saturated carbocycles. The summed E-state index contributed by atoms with van der Waals surface area (Å²) in [5.74, 6) is -1.43. The van der Waals surface area contributed by atoms with Crippen LogP contribution in [0.25, 0.3) is 11.2 Å². The van der Waals surface area contributed by atoms with Gasteiger partial charge in [-0.2, -0.15) is 4.31 Å². The summed E-state index contributed by atoms with van der Waals surface area (Å²) in [5, 5.41) is 25.7. The number of imidazole rings is 1. The van der Waals surface area contributed by atoms with E-state index in [0.29, 0.717) is 0 Å². The number of carbonyl (C=O) groups excluding carboxylic acids is 3. The molecular formula is C23H36N7O17P3S. The van der Waals surface area contributed by atoms with Crippen LogP contribution in [0.15, 0.2) is 25.3 Å². The van der Waals surface area contributed by atoms with Gasteiger partial charge in [-0.05, 0) is 19.9 Å². The predicted molar refractivity (Wildman–Crippen MR) is 173 cm³/mol. The Morgan fingerprint density at radius 2 is 1.82 bits per heavy atom. The Morgan fingerprint density at radius 3 is 2.47 bits per heavy atom. The third kappa shape index (κ3) is 12.4. The zero-order valence-electron chi connectivity index (χ0n) is 26.7. The van der Waals surface area contributed by atoms with E-state index in [9.17, 15) is 57.9 Å². The highest BCUT2D eigenvalue weighted by Gasteiger charge is 2.51. The minimum absolute atomic E-state index is 0.0194. The topological polar surface area (TPSA) is 364 Å². The molecule has 2 aromatic rings. The van der Waals surface area contributed by atoms with E-state index in [1.54, 1.807) is 0 Å². The second-order valence-corrected chi connectivity index (χ2v) is 16.1. The van der Waals surface area contributed by atoms with E-state index < -0.39 is 78.1 Å². The Kier molecular flexibility index (Phi) is 14.6. The Balaban J connectivity index is 1.58. The molecular weight excluding hydrogens is 771 g/mol. The van der Waals surface area contributed by atoms with Gasteiger partial charge in [-0.25, -0.2) is 28.6 Å². The molecule has 0 spiro atoms. The zero-order valence-corrected chi connectivity index (χ0v) is 30.2. The molecule has 0 radical (unpaired) electrons. The van der Waals surface area contributed by atoms with Crippen LogP contribution in [0.5, 0.6) is 0 Å². The summed E-state index contributed by atoms with van der Waals surface area (Å²) in [6, 6.07) is 0. The molecule has 1 aliphatic rings. The van der Waals surface area contributed by atoms with Crippen LogP contribution in [0.2, 0.25) is 0 Å². The van der Waals surface area contributed by atoms with E-state index in [1.165, 1.54) is 0 Å². The smallest absolute Gasteiger partial charge is 0.386 e. The number of thioether (sulfide) groups is 1. The molecule has 24 nitrogen and oxygen atoms in total. The van der Waals surface area contributed by atoms with Crippen molar-refractivity contribution in [2.24, 2.45) is 0 Å². The molecule has 0 aliphatic carbocycles. The van der Waals surface area contributed by atoms with Crippen molar-refractivity contribution in [1.29, 1.82) is 0 Å². The van der Waals surface area contributed by atoms with Crippen molar-refractivity contribution in [2.75, 3.05) is 31.2 Å². The number of fused-ring (bicyclic) bond motifs is 1. The monoisotopic (exact) mass is 807 g/mol. The second-order valence-electron chi connectivity index (χ2n) is 10.9. The van der Waals surface area contributed by atoms with Crippen LogP contribution in [0.1, 0.15) is 26.5 Å². The molecule has 2 aromatic heterocycles. The number of nitrogens with two attached hydrogens (primary N) is 1. The molecule has 1 fully saturated rings. The average Bonchev–Trinajstić information content (AvgIpc) is 3.57. The lowest BCUT2D eigenvalue weighted by Crippen LogP contribution is -2.49. The number of hydrogen-bond donors (Lipinski definition) is 9. The summed E-state index contributed by atoms with van der Waals surface area (Å²) < 4.78 is 62.0. The van der Waals surface area contributed by atoms with Gasteiger partial charge in [0.25, 0.3) is 5.91 Å². The van der Waals surface area contributed by atoms with Crippen molar-refractivity contribution in [3.05, 3.63) is 25.3 Å². The molecule has 6 unspecified atom stereocenters. The van der Waals surface area contributed by atoms with Crippen LogP contribution in [0.3, 0.4) is 0 Å². The van der Waals surface area contributed by atoms with E-state index in [0.717, 1.165) is 48.9 Å². The van der Waals surface area contributed by atoms with Gasteiger partial charge >= 0.3 is 23.5 Å². The van der Waals surface area contributed by atoms with E-state index >= 15 is 0 Å². The fourth-order valence-electron chi connectivity index (χ4n) is 4.32. The first-order valence-corrected chi connectivity index (χ1v) is 19.8. The highest BCUT2D eigenvalue weighted by Crippen LogP contribution is 2.62. The molecule has 0 aromatic carbocycles. The molecule has 1 aliphatic heterocycles. The molecule has 1 saturated heterocycles. The number of aliphatic hydroxyl groups is 2. The van der Waals surface area contributed by atoms with Crippen molar-refractivity contribution in [1.82, 2.24) is 30.2 Å². The number of amides is 2. The third-order valence-electron chi connectivity index (χ3n) is 6.58. The Morgan fingerprint density at radius 1 is 1.14 bits per heavy atom. The molecule has 3 heterocycles. The first-order chi connectivity index (χ1) is 23.6. The standard InChI is InChI=1S/C23H36N7O17P3S/c1-4-14(32)51-8-7-25-13(31)5-6-26-21(35)18(34)23(2,3)46-50(41,42)47-49(39,40)43-9-12-17(45-48(36,37)38)16(33)22(44-12)30-11-29-15-19(24)27-10-28-20(15)30/h4,10-12,16-18,22,33-34H,1,5-9H2,2-3H3,(H,25,31)(H,26,35)(H,39,40)(H,41,42)(H2,24,27,28)(H2,36,37,38)/t12?,16?,17?,18-,22?/m0/s1. The van der Waals surface area contributed by atoms with E-state index in [-0.39, 0.29) is 47.4 Å². The van der Waals surface area contributed by atoms with Crippen LogP contribution < -0.4 is 16.4 Å². The van der Waals surface area contributed by atoms with Gasteiger partial charge in [-0.15, -0.1) is 0 Å². The molecule has 7 atom stereocenters. The minimum atomic E-state index is -5.66. The van der Waals surface area contributed by atoms with Crippen molar-refractivity contribution in [2.45, 2.75) is 56.5 Å². The summed E-state index contributed by atoms with van der Waals surface area (Å²) >= 11 is 0.933. The Bertz CT molecular complexity index is 1740. The molecule has 286 valence electrons. The zero-order chi connectivity index (χ0) is 38.4. The highest BCUT2D eigenvalue weighted by atomic mass is 32.2. The summed E-state index contributed by atoms with van der Waals surface area (Å²) in [6.45, 7) is 3.94. The number of aromatic nitrogens is 4. The number of phosphoric ester groups is 3. The van der Waals surface area contributed by atoms with Gasteiger partial charge in [0, 0.05) is 25.3 Å². The van der Waals surface area contributed by atoms with Gasteiger partial charge in [0.1, 0.15) is 35.8 Å². The lowest BCUT2D eigenvalue weighted by atomic mass is 10.0. The molecule has 28 heteroatoms. The normalized spacial score (nSPS) is 22.5. The van der Waals surface area contributed by atoms with Gasteiger partial charge in [-0.3, -0.25) is 32.5 Å². The maximum absolute atomic E-state index is 12.7. The van der Waals surface area contributed by atoms with E-state index in [2.05, 4.69) is 41.0 Å². The van der Waals surface area contributed by atoms with E-state index in [4.69, 9.17) is 19.5 Å². The van der Waals surface area contributed by atoms with Gasteiger partial charge in [0.2, 0.25) is 11.0 Å². The number of anilines is 1. The first kappa shape index (κ1) is 42.7. The Labute approximate surface area is 292 Å². The van der Waals surface area contributed by atoms with Crippen molar-refractivity contribution in [3.63, 3.8) is 0 Å². The second kappa shape index (κ2) is 17.4. The van der Waals surface area contributed by atoms with Crippen molar-refractivity contribution >= 4 is 69.1 Å². The number of nitrogen functional groups attached to an aromatic ring is 1. The average molecular weight is 808 g/mol. The van der Waals surface area contributed by atoms with Crippen LogP contribution in [-0.4, -0.2) is 122 Å². The highest BCUT2D eigenvalue weighted by molar-refractivity contribution is 8.14. The predicted octanol–water partition coefficient (Wildman–Crippen LogP) is -1.40. The van der Waals surface area contributed by atoms with Crippen LogP contribution in [-0.2, 0) is 50.7 Å². The van der Waals surface area contributed by atoms with Gasteiger partial charge in [0.15, 0.2) is 23.8 Å². The van der Waals surface area contributed by atoms with E-state index in [1.807, 2.05) is 0 Å².